The molecule has 4 nitrogen and oxygen atoms in total. The van der Waals surface area contributed by atoms with E-state index in [4.69, 9.17) is 0 Å². The summed E-state index contributed by atoms with van der Waals surface area (Å²) >= 11 is 0. The first-order chi connectivity index (χ1) is 11.7. The number of halogens is 1. The van der Waals surface area contributed by atoms with Crippen LogP contribution in [0, 0.1) is 23.6 Å². The molecule has 0 N–H and O–H groups in total. The van der Waals surface area contributed by atoms with Gasteiger partial charge in [-0.25, -0.2) is 14.4 Å². The monoisotopic (exact) mass is 325 g/mol. The maximum Gasteiger partial charge on any atom is 0.253 e. The first-order valence-electron chi connectivity index (χ1n) is 8.49. The van der Waals surface area contributed by atoms with Crippen LogP contribution in [0.4, 0.5) is 4.39 Å². The van der Waals surface area contributed by atoms with Gasteiger partial charge in [0.15, 0.2) is 0 Å². The van der Waals surface area contributed by atoms with E-state index in [2.05, 4.69) is 9.97 Å². The average Bonchev–Trinajstić information content (AvgIpc) is 3.18. The van der Waals surface area contributed by atoms with Crippen LogP contribution in [0.5, 0.6) is 0 Å². The predicted octanol–water partition coefficient (Wildman–Crippen LogP) is 2.96. The lowest BCUT2D eigenvalue weighted by molar-refractivity contribution is 0.0776. The van der Waals surface area contributed by atoms with Gasteiger partial charge < -0.3 is 4.90 Å². The van der Waals surface area contributed by atoms with Gasteiger partial charge in [0, 0.05) is 31.0 Å². The minimum absolute atomic E-state index is 0.0196. The first kappa shape index (κ1) is 15.2. The molecule has 4 rings (SSSR count). The predicted molar refractivity (Wildman–Crippen MR) is 87.7 cm³/mol. The van der Waals surface area contributed by atoms with Gasteiger partial charge in [-0.2, -0.15) is 0 Å². The maximum absolute atomic E-state index is 13.0. The summed E-state index contributed by atoms with van der Waals surface area (Å²) in [4.78, 5) is 22.8. The van der Waals surface area contributed by atoms with Gasteiger partial charge >= 0.3 is 0 Å². The lowest BCUT2D eigenvalue weighted by Gasteiger charge is -2.21. The highest BCUT2D eigenvalue weighted by Crippen LogP contribution is 2.43. The molecule has 1 aliphatic carbocycles. The molecule has 1 saturated carbocycles. The van der Waals surface area contributed by atoms with E-state index in [1.807, 2.05) is 17.3 Å². The molecule has 0 unspecified atom stereocenters. The lowest BCUT2D eigenvalue weighted by Crippen LogP contribution is -2.30. The summed E-state index contributed by atoms with van der Waals surface area (Å²) in [5, 5.41) is 0. The Bertz CT molecular complexity index is 719. The Labute approximate surface area is 140 Å². The molecular formula is C19H20FN3O. The maximum atomic E-state index is 13.0. The van der Waals surface area contributed by atoms with E-state index < -0.39 is 0 Å². The second-order valence-corrected chi connectivity index (χ2v) is 6.93. The van der Waals surface area contributed by atoms with Crippen LogP contribution in [0.3, 0.4) is 0 Å². The third-order valence-electron chi connectivity index (χ3n) is 5.50. The Morgan fingerprint density at radius 3 is 2.62 bits per heavy atom. The second kappa shape index (κ2) is 6.30. The molecule has 5 heteroatoms. The van der Waals surface area contributed by atoms with Gasteiger partial charge in [-0.1, -0.05) is 0 Å². The van der Waals surface area contributed by atoms with Crippen LogP contribution in [0.15, 0.2) is 43.0 Å². The van der Waals surface area contributed by atoms with E-state index in [-0.39, 0.29) is 11.7 Å². The van der Waals surface area contributed by atoms with Gasteiger partial charge in [-0.3, -0.25) is 4.79 Å². The quantitative estimate of drug-likeness (QED) is 0.871. The van der Waals surface area contributed by atoms with Crippen LogP contribution in [0.25, 0.3) is 0 Å². The smallest absolute Gasteiger partial charge is 0.253 e. The van der Waals surface area contributed by atoms with Crippen molar-refractivity contribution in [2.75, 3.05) is 13.1 Å². The highest BCUT2D eigenvalue weighted by Gasteiger charge is 2.43. The summed E-state index contributed by atoms with van der Waals surface area (Å²) < 4.78 is 13.0. The van der Waals surface area contributed by atoms with Crippen LogP contribution in [0.1, 0.15) is 28.8 Å². The number of hydrogen-bond donors (Lipinski definition) is 0. The van der Waals surface area contributed by atoms with Crippen LogP contribution in [-0.2, 0) is 6.42 Å². The van der Waals surface area contributed by atoms with E-state index in [1.54, 1.807) is 18.5 Å². The molecule has 1 amide bonds. The number of likely N-dealkylation sites (tertiary alicyclic amines) is 1. The van der Waals surface area contributed by atoms with Crippen LogP contribution in [0.2, 0.25) is 0 Å². The normalized spacial score (nSPS) is 25.7. The minimum Gasteiger partial charge on any atom is -0.338 e. The lowest BCUT2D eigenvalue weighted by atomic mass is 9.88. The fourth-order valence-electron chi connectivity index (χ4n) is 4.31. The number of carbonyl (C=O) groups is 1. The second-order valence-electron chi connectivity index (χ2n) is 6.93. The minimum atomic E-state index is -0.310. The van der Waals surface area contributed by atoms with Crippen LogP contribution in [-0.4, -0.2) is 33.9 Å². The molecule has 3 atom stereocenters. The molecule has 124 valence electrons. The van der Waals surface area contributed by atoms with Gasteiger partial charge in [-0.05, 0) is 66.8 Å². The van der Waals surface area contributed by atoms with Crippen molar-refractivity contribution in [1.29, 1.82) is 0 Å². The highest BCUT2D eigenvalue weighted by molar-refractivity contribution is 5.94. The zero-order valence-corrected chi connectivity index (χ0v) is 13.4. The third kappa shape index (κ3) is 2.90. The molecule has 2 fully saturated rings. The van der Waals surface area contributed by atoms with E-state index in [0.717, 1.165) is 19.5 Å². The molecule has 1 aliphatic heterocycles. The first-order valence-corrected chi connectivity index (χ1v) is 8.49. The summed E-state index contributed by atoms with van der Waals surface area (Å²) in [7, 11) is 0. The highest BCUT2D eigenvalue weighted by atomic mass is 19.1. The molecule has 1 saturated heterocycles. The SMILES string of the molecule is O=C(c1ccc(F)cc1)N1C[C@H]2CC[C@H](Cc3cncnc3)[C@H]2C1. The van der Waals surface area contributed by atoms with E-state index in [0.29, 0.717) is 23.3 Å². The number of fused-ring (bicyclic) bond motifs is 1. The Morgan fingerprint density at radius 1 is 1.12 bits per heavy atom. The van der Waals surface area contributed by atoms with Crippen LogP contribution < -0.4 is 0 Å². The average molecular weight is 325 g/mol. The summed E-state index contributed by atoms with van der Waals surface area (Å²) in [6.07, 6.45) is 8.70. The molecule has 1 aromatic heterocycles. The molecule has 0 bridgehead atoms. The molecule has 2 aliphatic rings. The van der Waals surface area contributed by atoms with Crippen molar-refractivity contribution in [3.63, 3.8) is 0 Å². The van der Waals surface area contributed by atoms with Crippen molar-refractivity contribution in [3.8, 4) is 0 Å². The van der Waals surface area contributed by atoms with Gasteiger partial charge in [0.05, 0.1) is 0 Å². The van der Waals surface area contributed by atoms with Crippen molar-refractivity contribution in [1.82, 2.24) is 14.9 Å². The number of benzene rings is 1. The van der Waals surface area contributed by atoms with Crippen molar-refractivity contribution >= 4 is 5.91 Å². The standard InChI is InChI=1S/C19H20FN3O/c20-17-5-3-14(4-6-17)19(24)23-10-16-2-1-15(18(16)11-23)7-13-8-21-12-22-9-13/h3-6,8-9,12,15-16,18H,1-2,7,10-11H2/t15-,16-,18-/m1/s1. The topological polar surface area (TPSA) is 46.1 Å². The van der Waals surface area contributed by atoms with Gasteiger partial charge in [-0.15, -0.1) is 0 Å². The largest absolute Gasteiger partial charge is 0.338 e. The molecule has 2 heterocycles. The summed E-state index contributed by atoms with van der Waals surface area (Å²) in [5.41, 5.74) is 1.75. The molecule has 1 aromatic carbocycles. The van der Waals surface area contributed by atoms with Crippen molar-refractivity contribution in [2.24, 2.45) is 17.8 Å². The number of hydrogen-bond acceptors (Lipinski definition) is 3. The van der Waals surface area contributed by atoms with Crippen LogP contribution >= 0.6 is 0 Å². The third-order valence-corrected chi connectivity index (χ3v) is 5.50. The van der Waals surface area contributed by atoms with E-state index >= 15 is 0 Å². The fraction of sp³-hybridized carbons (Fsp3) is 0.421. The van der Waals surface area contributed by atoms with Gasteiger partial charge in [0.2, 0.25) is 0 Å². The van der Waals surface area contributed by atoms with E-state index in [1.165, 1.54) is 30.5 Å². The Morgan fingerprint density at radius 2 is 1.88 bits per heavy atom. The number of amides is 1. The number of carbonyl (C=O) groups excluding carboxylic acids is 1. The number of rotatable bonds is 3. The zero-order valence-electron chi connectivity index (χ0n) is 13.4. The molecule has 0 spiro atoms. The van der Waals surface area contributed by atoms with E-state index in [9.17, 15) is 9.18 Å². The Kier molecular flexibility index (Phi) is 4.00. The molecule has 0 radical (unpaired) electrons. The van der Waals surface area contributed by atoms with Gasteiger partial charge in [0.25, 0.3) is 5.91 Å². The van der Waals surface area contributed by atoms with Gasteiger partial charge in [0.1, 0.15) is 12.1 Å². The summed E-state index contributed by atoms with van der Waals surface area (Å²) in [6.45, 7) is 1.63. The fourth-order valence-corrected chi connectivity index (χ4v) is 4.31. The molecule has 2 aromatic rings. The Balaban J connectivity index is 1.44. The number of nitrogens with zero attached hydrogens (tertiary/aromatic N) is 3. The van der Waals surface area contributed by atoms with Crippen molar-refractivity contribution in [3.05, 3.63) is 59.9 Å². The van der Waals surface area contributed by atoms with Crippen molar-refractivity contribution in [2.45, 2.75) is 19.3 Å². The molecular weight excluding hydrogens is 305 g/mol. The Hall–Kier alpha value is -2.30. The van der Waals surface area contributed by atoms with Crippen molar-refractivity contribution < 1.29 is 9.18 Å². The molecule has 24 heavy (non-hydrogen) atoms. The zero-order chi connectivity index (χ0) is 16.5. The number of aromatic nitrogens is 2. The summed E-state index contributed by atoms with van der Waals surface area (Å²) in [5.74, 6) is 1.44. The summed E-state index contributed by atoms with van der Waals surface area (Å²) in [6, 6.07) is 5.85.